The normalized spacial score (nSPS) is 21.8. The number of ether oxygens (including phenoxy) is 1. The number of aliphatic hydroxyl groups is 2. The molecule has 3 rings (SSSR count). The molecule has 25 heavy (non-hydrogen) atoms. The van der Waals surface area contributed by atoms with Gasteiger partial charge in [0.15, 0.2) is 0 Å². The molecule has 2 aliphatic rings. The Balaban J connectivity index is 0.000000379. The van der Waals surface area contributed by atoms with Crippen LogP contribution < -0.4 is 17.9 Å². The van der Waals surface area contributed by atoms with E-state index in [1.54, 1.807) is 17.6 Å². The lowest BCUT2D eigenvalue weighted by Gasteiger charge is -2.15. The number of rotatable bonds is 2. The molecule has 1 amide bonds. The van der Waals surface area contributed by atoms with Gasteiger partial charge in [-0.05, 0) is 12.1 Å². The van der Waals surface area contributed by atoms with Gasteiger partial charge in [-0.3, -0.25) is 9.63 Å². The van der Waals surface area contributed by atoms with Crippen molar-refractivity contribution in [2.24, 2.45) is 0 Å². The number of carbonyl (C=O) groups excluding carboxylic acids is 2. The van der Waals surface area contributed by atoms with E-state index in [-0.39, 0.29) is 42.8 Å². The average molecular weight is 377 g/mol. The van der Waals surface area contributed by atoms with Gasteiger partial charge < -0.3 is 27.4 Å². The number of hydrogen-bond donors (Lipinski definition) is 3. The van der Waals surface area contributed by atoms with E-state index in [9.17, 15) is 14.7 Å². The molecule has 2 saturated heterocycles. The highest BCUT2D eigenvalue weighted by Gasteiger charge is 2.29. The van der Waals surface area contributed by atoms with Crippen molar-refractivity contribution in [1.82, 2.24) is 5.06 Å². The van der Waals surface area contributed by atoms with E-state index >= 15 is 0 Å². The topological polar surface area (TPSA) is 122 Å². The Labute approximate surface area is 150 Å². The Bertz CT molecular complexity index is 581. The molecule has 2 fully saturated rings. The van der Waals surface area contributed by atoms with Gasteiger partial charge in [-0.1, -0.05) is 12.1 Å². The van der Waals surface area contributed by atoms with E-state index < -0.39 is 18.0 Å². The third kappa shape index (κ3) is 5.92. The van der Waals surface area contributed by atoms with Crippen LogP contribution in [-0.2, 0) is 14.4 Å². The van der Waals surface area contributed by atoms with Gasteiger partial charge in [0.1, 0.15) is 32.0 Å². The Hall–Kier alpha value is -1.75. The van der Waals surface area contributed by atoms with Crippen LogP contribution >= 0.6 is 0 Å². The van der Waals surface area contributed by atoms with Gasteiger partial charge in [-0.25, -0.2) is 14.7 Å². The van der Waals surface area contributed by atoms with Gasteiger partial charge >= 0.3 is 5.97 Å². The summed E-state index contributed by atoms with van der Waals surface area (Å²) in [7, 11) is 1.25. The Morgan fingerprint density at radius 2 is 1.88 bits per heavy atom. The van der Waals surface area contributed by atoms with Gasteiger partial charge in [0.2, 0.25) is 0 Å². The molecule has 0 saturated carbocycles. The number of nitrogens with two attached hydrogens (primary N) is 1. The molecule has 1 aromatic rings. The van der Waals surface area contributed by atoms with Gasteiger partial charge in [0.25, 0.3) is 5.91 Å². The van der Waals surface area contributed by atoms with Crippen molar-refractivity contribution in [2.45, 2.75) is 12.2 Å². The molecule has 0 unspecified atom stereocenters. The fourth-order valence-corrected chi connectivity index (χ4v) is 2.13. The van der Waals surface area contributed by atoms with E-state index in [0.29, 0.717) is 13.2 Å². The largest absolute Gasteiger partial charge is 1.00 e. The van der Waals surface area contributed by atoms with E-state index in [1.165, 1.54) is 19.2 Å². The van der Waals surface area contributed by atoms with E-state index in [1.807, 2.05) is 0 Å². The number of methoxy groups -OCH3 is 1. The van der Waals surface area contributed by atoms with Gasteiger partial charge in [-0.15, -0.1) is 0 Å². The average Bonchev–Trinajstić information content (AvgIpc) is 3.25. The Morgan fingerprint density at radius 3 is 2.32 bits per heavy atom. The van der Waals surface area contributed by atoms with Crippen molar-refractivity contribution in [1.29, 1.82) is 0 Å². The summed E-state index contributed by atoms with van der Waals surface area (Å²) in [6.45, 7) is 1.35. The first-order chi connectivity index (χ1) is 11.5. The van der Waals surface area contributed by atoms with Crippen molar-refractivity contribution in [3.63, 3.8) is 0 Å². The first-order valence-corrected chi connectivity index (χ1v) is 7.44. The summed E-state index contributed by atoms with van der Waals surface area (Å²) < 4.78 is 4.61. The fraction of sp³-hybridized carbons (Fsp3) is 0.467. The minimum Gasteiger partial charge on any atom is -1.00 e. The number of carbonyl (C=O) groups is 2. The highest BCUT2D eigenvalue weighted by atomic mass is 35.5. The highest BCUT2D eigenvalue weighted by molar-refractivity contribution is 6.05. The molecule has 0 spiro atoms. The van der Waals surface area contributed by atoms with Crippen LogP contribution in [0.4, 0.5) is 0 Å². The third-order valence-electron chi connectivity index (χ3n) is 3.36. The number of hydrogen-bond acceptors (Lipinski definition) is 7. The molecule has 140 valence electrons. The molecular formula is C15H21ClN2O7. The number of benzene rings is 1. The summed E-state index contributed by atoms with van der Waals surface area (Å²) in [4.78, 5) is 33.4. The van der Waals surface area contributed by atoms with Crippen LogP contribution in [-0.4, -0.2) is 72.8 Å². The summed E-state index contributed by atoms with van der Waals surface area (Å²) in [5, 5.41) is 18.9. The lowest BCUT2D eigenvalue weighted by atomic mass is 10.1. The Morgan fingerprint density at radius 1 is 1.20 bits per heavy atom. The number of aliphatic hydroxyl groups excluding tert-OH is 2. The number of quaternary nitrogens is 1. The van der Waals surface area contributed by atoms with Crippen molar-refractivity contribution < 1.29 is 52.1 Å². The molecule has 1 aromatic carbocycles. The maximum Gasteiger partial charge on any atom is 0.338 e. The fourth-order valence-electron chi connectivity index (χ4n) is 2.13. The predicted molar refractivity (Wildman–Crippen MR) is 79.5 cm³/mol. The zero-order valence-corrected chi connectivity index (χ0v) is 14.4. The number of amides is 1. The van der Waals surface area contributed by atoms with Gasteiger partial charge in [0, 0.05) is 0 Å². The summed E-state index contributed by atoms with van der Waals surface area (Å²) in [6.07, 6.45) is -0.927. The summed E-state index contributed by atoms with van der Waals surface area (Å²) in [6, 6.07) is 6.31. The summed E-state index contributed by atoms with van der Waals surface area (Å²) in [5.41, 5.74) is 2.00. The smallest absolute Gasteiger partial charge is 0.338 e. The van der Waals surface area contributed by atoms with Gasteiger partial charge in [-0.2, -0.15) is 5.48 Å². The Kier molecular flexibility index (Phi) is 8.76. The molecular weight excluding hydrogens is 356 g/mol. The third-order valence-corrected chi connectivity index (χ3v) is 3.36. The maximum atomic E-state index is 12.1. The molecule has 4 N–H and O–H groups in total. The standard InChI is InChI=1S/C12H13NO5.C3H7NO2.ClH/c1-17-12(16)10-5-3-2-4-9(10)11(15)13-6-8(14)7-18-13;5-3-1-4-6-2-3;/h2-5,8,14H,6-7H2,1H3;3-5H,1-2H2;1H/t8-;3-;/m00./s1. The first kappa shape index (κ1) is 21.3. The molecule has 0 radical (unpaired) electrons. The summed E-state index contributed by atoms with van der Waals surface area (Å²) in [5.74, 6) is -1.05. The van der Waals surface area contributed by atoms with Gasteiger partial charge in [0.05, 0.1) is 24.8 Å². The number of nitrogens with zero attached hydrogens (tertiary/aromatic N) is 1. The lowest BCUT2D eigenvalue weighted by Crippen LogP contribution is -3.00. The quantitative estimate of drug-likeness (QED) is 0.442. The van der Waals surface area contributed by atoms with Crippen molar-refractivity contribution in [2.75, 3.05) is 33.4 Å². The van der Waals surface area contributed by atoms with Crippen LogP contribution in [0.1, 0.15) is 20.7 Å². The van der Waals surface area contributed by atoms with Crippen LogP contribution in [0.25, 0.3) is 0 Å². The second-order valence-corrected chi connectivity index (χ2v) is 5.24. The molecule has 0 aromatic heterocycles. The SMILES string of the molecule is COC(=O)c1ccccc1C(=O)N1C[C@H](O)CO1.O[C@H]1C[NH2+]OC1.[Cl-]. The molecule has 2 atom stereocenters. The predicted octanol–water partition coefficient (Wildman–Crippen LogP) is -4.92. The van der Waals surface area contributed by atoms with Crippen LogP contribution in [0.15, 0.2) is 24.3 Å². The number of halogens is 1. The van der Waals surface area contributed by atoms with Crippen LogP contribution in [0.3, 0.4) is 0 Å². The lowest BCUT2D eigenvalue weighted by molar-refractivity contribution is -0.874. The van der Waals surface area contributed by atoms with Crippen LogP contribution in [0.5, 0.6) is 0 Å². The zero-order valence-electron chi connectivity index (χ0n) is 13.6. The molecule has 2 heterocycles. The minimum atomic E-state index is -0.695. The second-order valence-electron chi connectivity index (χ2n) is 5.24. The minimum absolute atomic E-state index is 0. The van der Waals surface area contributed by atoms with Crippen molar-refractivity contribution in [3.8, 4) is 0 Å². The number of esters is 1. The van der Waals surface area contributed by atoms with E-state index in [0.717, 1.165) is 5.06 Å². The molecule has 0 aliphatic carbocycles. The molecule has 0 bridgehead atoms. The molecule has 2 aliphatic heterocycles. The van der Waals surface area contributed by atoms with Crippen LogP contribution in [0.2, 0.25) is 0 Å². The van der Waals surface area contributed by atoms with Crippen molar-refractivity contribution >= 4 is 11.9 Å². The molecule has 10 heteroatoms. The second kappa shape index (κ2) is 10.3. The first-order valence-electron chi connectivity index (χ1n) is 7.44. The maximum absolute atomic E-state index is 12.1. The monoisotopic (exact) mass is 376 g/mol. The van der Waals surface area contributed by atoms with Crippen LogP contribution in [0, 0.1) is 0 Å². The summed E-state index contributed by atoms with van der Waals surface area (Å²) >= 11 is 0. The number of β-amino-alcohol motifs (C(OH)–C–C–N with tert-alkyl or cyclic N) is 1. The highest BCUT2D eigenvalue weighted by Crippen LogP contribution is 2.16. The van der Waals surface area contributed by atoms with E-state index in [2.05, 4.69) is 9.57 Å². The zero-order chi connectivity index (χ0) is 17.5. The van der Waals surface area contributed by atoms with Crippen molar-refractivity contribution in [3.05, 3.63) is 35.4 Å². The van der Waals surface area contributed by atoms with E-state index in [4.69, 9.17) is 9.94 Å². The molecule has 9 nitrogen and oxygen atoms in total. The number of hydroxylamine groups is 3.